The average Bonchev–Trinajstić information content (AvgIpc) is 2.71. The molecule has 0 saturated carbocycles. The van der Waals surface area contributed by atoms with Gasteiger partial charge in [-0.25, -0.2) is 0 Å². The molecule has 0 amide bonds. The van der Waals surface area contributed by atoms with Crippen LogP contribution in [0.1, 0.15) is 25.7 Å². The monoisotopic (exact) mass is 296 g/mol. The van der Waals surface area contributed by atoms with Crippen molar-refractivity contribution in [2.75, 3.05) is 19.0 Å². The zero-order chi connectivity index (χ0) is 14.2. The predicted molar refractivity (Wildman–Crippen MR) is 80.0 cm³/mol. The molecule has 0 fully saturated rings. The highest BCUT2D eigenvalue weighted by Gasteiger charge is 2.10. The molecular formula is C14H20N2O3S. The maximum absolute atomic E-state index is 8.44. The second-order valence-electron chi connectivity index (χ2n) is 4.56. The third-order valence-corrected chi connectivity index (χ3v) is 4.02. The highest BCUT2D eigenvalue weighted by atomic mass is 32.2. The van der Waals surface area contributed by atoms with Gasteiger partial charge in [0.15, 0.2) is 11.5 Å². The molecule has 3 N–H and O–H groups in total. The average molecular weight is 296 g/mol. The standard InChI is InChI=1S/C14H20N2O3S/c15-14(16-17)4-1-2-9-20-11-5-6-12-13(10-11)19-8-3-7-18-12/h5-6,10,17H,1-4,7-9H2,(H2,15,16). The van der Waals surface area contributed by atoms with Gasteiger partial charge in [-0.2, -0.15) is 0 Å². The van der Waals surface area contributed by atoms with Crippen LogP contribution in [-0.2, 0) is 0 Å². The van der Waals surface area contributed by atoms with Crippen molar-refractivity contribution >= 4 is 17.6 Å². The smallest absolute Gasteiger partial charge is 0.162 e. The minimum absolute atomic E-state index is 0.297. The summed E-state index contributed by atoms with van der Waals surface area (Å²) in [6, 6.07) is 6.07. The lowest BCUT2D eigenvalue weighted by Crippen LogP contribution is -2.10. The van der Waals surface area contributed by atoms with E-state index in [0.717, 1.165) is 36.5 Å². The summed E-state index contributed by atoms with van der Waals surface area (Å²) in [6.45, 7) is 1.42. The fourth-order valence-electron chi connectivity index (χ4n) is 1.88. The van der Waals surface area contributed by atoms with Crippen molar-refractivity contribution in [3.8, 4) is 11.5 Å². The summed E-state index contributed by atoms with van der Waals surface area (Å²) in [5.41, 5.74) is 5.42. The van der Waals surface area contributed by atoms with Gasteiger partial charge in [0.25, 0.3) is 0 Å². The highest BCUT2D eigenvalue weighted by Crippen LogP contribution is 2.34. The van der Waals surface area contributed by atoms with E-state index < -0.39 is 0 Å². The van der Waals surface area contributed by atoms with E-state index in [2.05, 4.69) is 11.2 Å². The minimum atomic E-state index is 0.297. The first kappa shape index (κ1) is 14.8. The number of nitrogens with zero attached hydrogens (tertiary/aromatic N) is 1. The maximum atomic E-state index is 8.44. The highest BCUT2D eigenvalue weighted by molar-refractivity contribution is 7.99. The molecule has 5 nitrogen and oxygen atoms in total. The summed E-state index contributed by atoms with van der Waals surface area (Å²) in [6.07, 6.45) is 3.51. The van der Waals surface area contributed by atoms with Gasteiger partial charge in [0, 0.05) is 17.7 Å². The summed E-state index contributed by atoms with van der Waals surface area (Å²) < 4.78 is 11.3. The Morgan fingerprint density at radius 3 is 2.85 bits per heavy atom. The molecule has 1 aromatic carbocycles. The summed E-state index contributed by atoms with van der Waals surface area (Å²) >= 11 is 1.78. The molecule has 1 aliphatic heterocycles. The van der Waals surface area contributed by atoms with Crippen molar-refractivity contribution in [1.82, 2.24) is 0 Å². The number of thioether (sulfide) groups is 1. The fraction of sp³-hybridized carbons (Fsp3) is 0.500. The number of nitrogens with two attached hydrogens (primary N) is 1. The van der Waals surface area contributed by atoms with Crippen LogP contribution in [0.3, 0.4) is 0 Å². The summed E-state index contributed by atoms with van der Waals surface area (Å²) in [5, 5.41) is 11.4. The van der Waals surface area contributed by atoms with Gasteiger partial charge in [0.2, 0.25) is 0 Å². The first-order valence-electron chi connectivity index (χ1n) is 6.78. The molecule has 0 bridgehead atoms. The molecular weight excluding hydrogens is 276 g/mol. The Hall–Kier alpha value is -1.56. The largest absolute Gasteiger partial charge is 0.490 e. The van der Waals surface area contributed by atoms with E-state index >= 15 is 0 Å². The number of fused-ring (bicyclic) bond motifs is 1. The number of unbranched alkanes of at least 4 members (excludes halogenated alkanes) is 1. The Morgan fingerprint density at radius 1 is 1.25 bits per heavy atom. The summed E-state index contributed by atoms with van der Waals surface area (Å²) in [5.74, 6) is 2.96. The van der Waals surface area contributed by atoms with Crippen LogP contribution in [0.2, 0.25) is 0 Å². The van der Waals surface area contributed by atoms with Gasteiger partial charge in [-0.05, 0) is 36.8 Å². The van der Waals surface area contributed by atoms with Crippen LogP contribution in [-0.4, -0.2) is 30.0 Å². The third-order valence-electron chi connectivity index (χ3n) is 2.94. The van der Waals surface area contributed by atoms with Crippen molar-refractivity contribution in [1.29, 1.82) is 0 Å². The molecule has 0 spiro atoms. The Bertz CT molecular complexity index is 466. The van der Waals surface area contributed by atoms with Crippen molar-refractivity contribution in [2.24, 2.45) is 10.9 Å². The fourth-order valence-corrected chi connectivity index (χ4v) is 2.82. The summed E-state index contributed by atoms with van der Waals surface area (Å²) in [4.78, 5) is 1.18. The van der Waals surface area contributed by atoms with Crippen LogP contribution in [0.15, 0.2) is 28.3 Å². The van der Waals surface area contributed by atoms with Crippen LogP contribution in [0.4, 0.5) is 0 Å². The van der Waals surface area contributed by atoms with Crippen molar-refractivity contribution in [3.63, 3.8) is 0 Å². The number of rotatable bonds is 6. The van der Waals surface area contributed by atoms with Gasteiger partial charge in [-0.3, -0.25) is 0 Å². The molecule has 0 aliphatic carbocycles. The van der Waals surface area contributed by atoms with Crippen LogP contribution in [0, 0.1) is 0 Å². The number of hydrogen-bond acceptors (Lipinski definition) is 5. The van der Waals surface area contributed by atoms with E-state index in [1.165, 1.54) is 4.90 Å². The normalized spacial score (nSPS) is 14.9. The quantitative estimate of drug-likeness (QED) is 0.211. The van der Waals surface area contributed by atoms with Gasteiger partial charge >= 0.3 is 0 Å². The lowest BCUT2D eigenvalue weighted by molar-refractivity contribution is 0.297. The van der Waals surface area contributed by atoms with Crippen molar-refractivity contribution in [3.05, 3.63) is 18.2 Å². The Labute approximate surface area is 123 Å². The first-order valence-corrected chi connectivity index (χ1v) is 7.77. The van der Waals surface area contributed by atoms with Gasteiger partial charge in [0.05, 0.1) is 13.2 Å². The number of oxime groups is 1. The Balaban J connectivity index is 1.77. The second-order valence-corrected chi connectivity index (χ2v) is 5.72. The third kappa shape index (κ3) is 4.52. The molecule has 1 aliphatic rings. The second kappa shape index (κ2) is 7.89. The predicted octanol–water partition coefficient (Wildman–Crippen LogP) is 2.86. The van der Waals surface area contributed by atoms with E-state index in [4.69, 9.17) is 20.4 Å². The van der Waals surface area contributed by atoms with E-state index in [1.54, 1.807) is 11.8 Å². The molecule has 1 heterocycles. The number of ether oxygens (including phenoxy) is 2. The molecule has 2 rings (SSSR count). The molecule has 20 heavy (non-hydrogen) atoms. The molecule has 1 aromatic rings. The zero-order valence-electron chi connectivity index (χ0n) is 11.4. The number of benzene rings is 1. The van der Waals surface area contributed by atoms with Crippen molar-refractivity contribution in [2.45, 2.75) is 30.6 Å². The lowest BCUT2D eigenvalue weighted by atomic mass is 10.2. The zero-order valence-corrected chi connectivity index (χ0v) is 12.2. The molecule has 0 radical (unpaired) electrons. The van der Waals surface area contributed by atoms with E-state index in [-0.39, 0.29) is 0 Å². The molecule has 0 atom stereocenters. The molecule has 110 valence electrons. The van der Waals surface area contributed by atoms with E-state index in [9.17, 15) is 0 Å². The minimum Gasteiger partial charge on any atom is -0.490 e. The molecule has 0 saturated heterocycles. The van der Waals surface area contributed by atoms with Gasteiger partial charge in [-0.1, -0.05) is 5.16 Å². The van der Waals surface area contributed by atoms with Crippen molar-refractivity contribution < 1.29 is 14.7 Å². The van der Waals surface area contributed by atoms with E-state index in [1.807, 2.05) is 12.1 Å². The SMILES string of the molecule is N/C(CCCCSc1ccc2c(c1)OCCCO2)=N/O. The van der Waals surface area contributed by atoms with Crippen LogP contribution < -0.4 is 15.2 Å². The maximum Gasteiger partial charge on any atom is 0.162 e. The molecule has 6 heteroatoms. The van der Waals surface area contributed by atoms with Crippen LogP contribution in [0.25, 0.3) is 0 Å². The molecule has 0 unspecified atom stereocenters. The van der Waals surface area contributed by atoms with Gasteiger partial charge in [-0.15, -0.1) is 11.8 Å². The van der Waals surface area contributed by atoms with Gasteiger partial charge < -0.3 is 20.4 Å². The van der Waals surface area contributed by atoms with Crippen LogP contribution in [0.5, 0.6) is 11.5 Å². The number of hydrogen-bond donors (Lipinski definition) is 2. The Kier molecular flexibility index (Phi) is 5.86. The first-order chi connectivity index (χ1) is 9.79. The van der Waals surface area contributed by atoms with Gasteiger partial charge in [0.1, 0.15) is 5.84 Å². The van der Waals surface area contributed by atoms with Crippen LogP contribution >= 0.6 is 11.8 Å². The Morgan fingerprint density at radius 2 is 2.05 bits per heavy atom. The van der Waals surface area contributed by atoms with E-state index in [0.29, 0.717) is 25.5 Å². The summed E-state index contributed by atoms with van der Waals surface area (Å²) in [7, 11) is 0. The lowest BCUT2D eigenvalue weighted by Gasteiger charge is -2.09. The topological polar surface area (TPSA) is 77.1 Å². The molecule has 0 aromatic heterocycles. The number of amidine groups is 1.